The minimum Gasteiger partial charge on any atom is -0.470 e. The molecular formula is C12H22N4O2S2. The molecule has 0 aromatic carbocycles. The molecule has 0 aliphatic rings. The summed E-state index contributed by atoms with van der Waals surface area (Å²) >= 11 is 9.89. The standard InChI is InChI=1S/C12H22N4O2S2/c1-6-7-17-11(19)15-13-9(4)10(5)14-16-12(20)18-8(2)3/h8H,6-7H2,1-5H3,(H,15,19)(H,16,20)/b13-9+,14-10+. The molecule has 2 N–H and O–H groups in total. The summed E-state index contributed by atoms with van der Waals surface area (Å²) < 4.78 is 10.4. The molecule has 0 aliphatic heterocycles. The van der Waals surface area contributed by atoms with Crippen LogP contribution in [0.15, 0.2) is 10.2 Å². The Morgan fingerprint density at radius 1 is 1.05 bits per heavy atom. The summed E-state index contributed by atoms with van der Waals surface area (Å²) in [5.74, 6) is 0. The number of hydrogen-bond donors (Lipinski definition) is 2. The van der Waals surface area contributed by atoms with E-state index in [0.29, 0.717) is 18.0 Å². The zero-order valence-electron chi connectivity index (χ0n) is 12.5. The van der Waals surface area contributed by atoms with Crippen LogP contribution in [0, 0.1) is 0 Å². The van der Waals surface area contributed by atoms with Gasteiger partial charge in [0, 0.05) is 0 Å². The Morgan fingerprint density at radius 2 is 1.55 bits per heavy atom. The monoisotopic (exact) mass is 318 g/mol. The van der Waals surface area contributed by atoms with E-state index in [4.69, 9.17) is 33.9 Å². The quantitative estimate of drug-likeness (QED) is 0.445. The van der Waals surface area contributed by atoms with Gasteiger partial charge in [-0.25, -0.2) is 10.9 Å². The maximum Gasteiger partial charge on any atom is 0.277 e. The fraction of sp³-hybridized carbons (Fsp3) is 0.667. The highest BCUT2D eigenvalue weighted by atomic mass is 32.1. The van der Waals surface area contributed by atoms with E-state index < -0.39 is 0 Å². The highest BCUT2D eigenvalue weighted by Crippen LogP contribution is 1.90. The van der Waals surface area contributed by atoms with E-state index in [2.05, 4.69) is 21.1 Å². The Kier molecular flexibility index (Phi) is 9.83. The molecule has 8 heteroatoms. The molecule has 0 aliphatic carbocycles. The van der Waals surface area contributed by atoms with Gasteiger partial charge in [0.1, 0.15) is 0 Å². The average molecular weight is 318 g/mol. The molecule has 0 saturated heterocycles. The van der Waals surface area contributed by atoms with Gasteiger partial charge in [-0.2, -0.15) is 10.2 Å². The summed E-state index contributed by atoms with van der Waals surface area (Å²) in [6.07, 6.45) is 0.900. The molecule has 0 aromatic heterocycles. The first-order valence-corrected chi connectivity index (χ1v) is 7.16. The van der Waals surface area contributed by atoms with Crippen molar-refractivity contribution in [2.75, 3.05) is 6.61 Å². The van der Waals surface area contributed by atoms with Crippen LogP contribution in [0.25, 0.3) is 0 Å². The smallest absolute Gasteiger partial charge is 0.277 e. The van der Waals surface area contributed by atoms with Crippen LogP contribution in [0.1, 0.15) is 41.0 Å². The van der Waals surface area contributed by atoms with Crippen molar-refractivity contribution in [2.24, 2.45) is 10.2 Å². The predicted octanol–water partition coefficient (Wildman–Crippen LogP) is 2.34. The topological polar surface area (TPSA) is 67.2 Å². The second-order valence-electron chi connectivity index (χ2n) is 4.21. The van der Waals surface area contributed by atoms with Crippen LogP contribution in [0.5, 0.6) is 0 Å². The lowest BCUT2D eigenvalue weighted by Gasteiger charge is -2.10. The fourth-order valence-electron chi connectivity index (χ4n) is 0.888. The molecule has 0 heterocycles. The van der Waals surface area contributed by atoms with Crippen molar-refractivity contribution in [1.82, 2.24) is 10.9 Å². The number of nitrogens with zero attached hydrogens (tertiary/aromatic N) is 2. The van der Waals surface area contributed by atoms with Gasteiger partial charge in [0.05, 0.1) is 24.1 Å². The molecule has 0 atom stereocenters. The van der Waals surface area contributed by atoms with Crippen molar-refractivity contribution in [3.63, 3.8) is 0 Å². The van der Waals surface area contributed by atoms with Gasteiger partial charge in [0.25, 0.3) is 10.3 Å². The van der Waals surface area contributed by atoms with Crippen LogP contribution < -0.4 is 10.9 Å². The van der Waals surface area contributed by atoms with Crippen molar-refractivity contribution in [1.29, 1.82) is 0 Å². The minimum absolute atomic E-state index is 0.00928. The molecule has 0 saturated carbocycles. The van der Waals surface area contributed by atoms with Crippen LogP contribution >= 0.6 is 24.4 Å². The summed E-state index contributed by atoms with van der Waals surface area (Å²) in [6, 6.07) is 0. The van der Waals surface area contributed by atoms with Crippen LogP contribution in [0.2, 0.25) is 0 Å². The number of nitrogens with one attached hydrogen (secondary N) is 2. The normalized spacial score (nSPS) is 12.1. The largest absolute Gasteiger partial charge is 0.470 e. The molecule has 114 valence electrons. The Balaban J connectivity index is 4.27. The van der Waals surface area contributed by atoms with Crippen molar-refractivity contribution in [3.05, 3.63) is 0 Å². The van der Waals surface area contributed by atoms with Gasteiger partial charge in [0.15, 0.2) is 0 Å². The summed E-state index contributed by atoms with van der Waals surface area (Å²) in [7, 11) is 0. The lowest BCUT2D eigenvalue weighted by molar-refractivity contribution is 0.225. The summed E-state index contributed by atoms with van der Waals surface area (Å²) in [4.78, 5) is 0. The van der Waals surface area contributed by atoms with Crippen molar-refractivity contribution in [2.45, 2.75) is 47.1 Å². The maximum absolute atomic E-state index is 5.24. The highest BCUT2D eigenvalue weighted by Gasteiger charge is 2.02. The number of rotatable bonds is 6. The molecule has 0 rings (SSSR count). The Labute approximate surface area is 131 Å². The van der Waals surface area contributed by atoms with Crippen LogP contribution in [0.3, 0.4) is 0 Å². The third kappa shape index (κ3) is 9.62. The van der Waals surface area contributed by atoms with E-state index in [0.717, 1.165) is 6.42 Å². The second-order valence-corrected chi connectivity index (χ2v) is 4.95. The highest BCUT2D eigenvalue weighted by molar-refractivity contribution is 7.80. The molecule has 0 spiro atoms. The molecule has 0 bridgehead atoms. The fourth-order valence-corrected chi connectivity index (χ4v) is 1.26. The number of hydrogen-bond acceptors (Lipinski definition) is 6. The number of hydrazone groups is 2. The SMILES string of the molecule is CCCOC(=S)N/N=C(C)/C(C)=N/NC(=S)OC(C)C. The van der Waals surface area contributed by atoms with Gasteiger partial charge in [0.2, 0.25) is 0 Å². The van der Waals surface area contributed by atoms with Crippen molar-refractivity contribution in [3.8, 4) is 0 Å². The van der Waals surface area contributed by atoms with E-state index in [9.17, 15) is 0 Å². The van der Waals surface area contributed by atoms with Gasteiger partial charge in [-0.3, -0.25) is 0 Å². The first kappa shape index (κ1) is 18.7. The van der Waals surface area contributed by atoms with E-state index >= 15 is 0 Å². The predicted molar refractivity (Wildman–Crippen MR) is 90.1 cm³/mol. The number of thiocarbonyl (C=S) groups is 2. The molecule has 20 heavy (non-hydrogen) atoms. The molecule has 6 nitrogen and oxygen atoms in total. The van der Waals surface area contributed by atoms with Gasteiger partial charge in [-0.15, -0.1) is 0 Å². The molecule has 0 aromatic rings. The molecular weight excluding hydrogens is 296 g/mol. The minimum atomic E-state index is 0.00928. The molecule has 0 fully saturated rings. The third-order valence-electron chi connectivity index (χ3n) is 1.93. The van der Waals surface area contributed by atoms with E-state index in [1.165, 1.54) is 0 Å². The Hall–Kier alpha value is -1.28. The van der Waals surface area contributed by atoms with Crippen LogP contribution in [-0.4, -0.2) is 34.5 Å². The summed E-state index contributed by atoms with van der Waals surface area (Å²) in [5.41, 5.74) is 6.60. The number of ether oxygens (including phenoxy) is 2. The molecule has 0 unspecified atom stereocenters. The van der Waals surface area contributed by atoms with Gasteiger partial charge in [-0.05, 0) is 58.6 Å². The lowest BCUT2D eigenvalue weighted by Crippen LogP contribution is -2.26. The second kappa shape index (κ2) is 10.5. The molecule has 0 radical (unpaired) electrons. The van der Waals surface area contributed by atoms with E-state index in [1.807, 2.05) is 20.8 Å². The van der Waals surface area contributed by atoms with Gasteiger partial charge < -0.3 is 9.47 Å². The van der Waals surface area contributed by atoms with Crippen LogP contribution in [-0.2, 0) is 9.47 Å². The first-order chi connectivity index (χ1) is 9.36. The van der Waals surface area contributed by atoms with Crippen molar-refractivity contribution >= 4 is 46.2 Å². The lowest BCUT2D eigenvalue weighted by atomic mass is 10.3. The van der Waals surface area contributed by atoms with E-state index in [1.54, 1.807) is 13.8 Å². The first-order valence-electron chi connectivity index (χ1n) is 6.35. The average Bonchev–Trinajstić information content (AvgIpc) is 2.38. The Bertz CT molecular complexity index is 395. The molecule has 0 amide bonds. The summed E-state index contributed by atoms with van der Waals surface area (Å²) in [5, 5.41) is 8.59. The zero-order chi connectivity index (χ0) is 15.5. The summed E-state index contributed by atoms with van der Waals surface area (Å²) in [6.45, 7) is 9.93. The third-order valence-corrected chi connectivity index (χ3v) is 2.33. The van der Waals surface area contributed by atoms with Crippen molar-refractivity contribution < 1.29 is 9.47 Å². The van der Waals surface area contributed by atoms with Crippen LogP contribution in [0.4, 0.5) is 0 Å². The zero-order valence-corrected chi connectivity index (χ0v) is 14.2. The van der Waals surface area contributed by atoms with E-state index in [-0.39, 0.29) is 16.5 Å². The Morgan fingerprint density at radius 3 is 2.00 bits per heavy atom. The van der Waals surface area contributed by atoms with Gasteiger partial charge >= 0.3 is 0 Å². The maximum atomic E-state index is 5.24. The van der Waals surface area contributed by atoms with Gasteiger partial charge in [-0.1, -0.05) is 6.92 Å².